The molecule has 0 heterocycles. The Labute approximate surface area is 88.6 Å². The first-order valence-electron chi connectivity index (χ1n) is 4.24. The minimum atomic E-state index is -0.954. The van der Waals surface area contributed by atoms with Gasteiger partial charge in [0, 0.05) is 5.88 Å². The van der Waals surface area contributed by atoms with E-state index in [-0.39, 0.29) is 13.2 Å². The fraction of sp³-hybridized carbons (Fsp3) is 0.400. The van der Waals surface area contributed by atoms with Gasteiger partial charge in [-0.25, -0.2) is 0 Å². The zero-order chi connectivity index (χ0) is 10.8. The van der Waals surface area contributed by atoms with Crippen LogP contribution in [0.25, 0.3) is 0 Å². The van der Waals surface area contributed by atoms with Crippen molar-refractivity contribution >= 4 is 11.6 Å². The maximum atomic E-state index is 8.17. The van der Waals surface area contributed by atoms with Gasteiger partial charge < -0.3 is 15.3 Å². The van der Waals surface area contributed by atoms with E-state index in [9.17, 15) is 0 Å². The largest absolute Gasteiger partial charge is 0.394 e. The van der Waals surface area contributed by atoms with Gasteiger partial charge in [0.05, 0.1) is 13.2 Å². The minimum Gasteiger partial charge on any atom is -0.394 e. The number of aliphatic hydroxyl groups excluding tert-OH is 3. The van der Waals surface area contributed by atoms with Gasteiger partial charge in [-0.15, -0.1) is 11.6 Å². The Bertz CT molecular complexity index is 212. The van der Waals surface area contributed by atoms with Gasteiger partial charge in [0.1, 0.15) is 6.10 Å². The average molecular weight is 219 g/mol. The molecule has 0 saturated heterocycles. The van der Waals surface area contributed by atoms with Crippen LogP contribution < -0.4 is 0 Å². The number of alkyl halides is 1. The smallest absolute Gasteiger partial charge is 0.100 e. The van der Waals surface area contributed by atoms with E-state index >= 15 is 0 Å². The Morgan fingerprint density at radius 3 is 1.79 bits per heavy atom. The Hall–Kier alpha value is -0.610. The van der Waals surface area contributed by atoms with E-state index in [1.807, 2.05) is 30.3 Å². The lowest BCUT2D eigenvalue weighted by molar-refractivity contribution is 0.0450. The van der Waals surface area contributed by atoms with E-state index < -0.39 is 6.10 Å². The quantitative estimate of drug-likeness (QED) is 0.657. The molecular formula is C10H15ClO3. The Kier molecular flexibility index (Phi) is 8.57. The van der Waals surface area contributed by atoms with Crippen molar-refractivity contribution in [3.8, 4) is 0 Å². The molecular weight excluding hydrogens is 204 g/mol. The molecule has 1 rings (SSSR count). The van der Waals surface area contributed by atoms with Gasteiger partial charge in [-0.2, -0.15) is 0 Å². The van der Waals surface area contributed by atoms with Gasteiger partial charge in [-0.3, -0.25) is 0 Å². The van der Waals surface area contributed by atoms with Crippen molar-refractivity contribution in [3.05, 3.63) is 35.9 Å². The predicted octanol–water partition coefficient (Wildman–Crippen LogP) is 0.757. The second-order valence-electron chi connectivity index (χ2n) is 2.64. The highest BCUT2D eigenvalue weighted by molar-refractivity contribution is 6.17. The standard InChI is InChI=1S/C7H7Cl.C3H8O3/c8-6-7-4-2-1-3-5-7;4-1-3(6)2-5/h1-5H,6H2;3-6H,1-2H2. The van der Waals surface area contributed by atoms with Crippen molar-refractivity contribution in [1.29, 1.82) is 0 Å². The summed E-state index contributed by atoms with van der Waals surface area (Å²) in [4.78, 5) is 0. The number of aliphatic hydroxyl groups is 3. The summed E-state index contributed by atoms with van der Waals surface area (Å²) in [7, 11) is 0. The number of halogens is 1. The van der Waals surface area contributed by atoms with Gasteiger partial charge in [-0.05, 0) is 5.56 Å². The summed E-state index contributed by atoms with van der Waals surface area (Å²) in [6.45, 7) is -0.729. The van der Waals surface area contributed by atoms with E-state index in [1.54, 1.807) is 0 Å². The van der Waals surface area contributed by atoms with Crippen LogP contribution in [0.4, 0.5) is 0 Å². The van der Waals surface area contributed by atoms with Crippen LogP contribution in [0.1, 0.15) is 5.56 Å². The number of hydrogen-bond acceptors (Lipinski definition) is 3. The molecule has 0 radical (unpaired) electrons. The van der Waals surface area contributed by atoms with Gasteiger partial charge >= 0.3 is 0 Å². The second kappa shape index (κ2) is 8.97. The molecule has 3 nitrogen and oxygen atoms in total. The molecule has 0 aliphatic rings. The van der Waals surface area contributed by atoms with Crippen molar-refractivity contribution in [2.24, 2.45) is 0 Å². The first kappa shape index (κ1) is 13.4. The number of rotatable bonds is 3. The second-order valence-corrected chi connectivity index (χ2v) is 2.91. The van der Waals surface area contributed by atoms with Crippen LogP contribution in [0.15, 0.2) is 30.3 Å². The lowest BCUT2D eigenvalue weighted by Crippen LogP contribution is -2.15. The van der Waals surface area contributed by atoms with Crippen molar-refractivity contribution < 1.29 is 15.3 Å². The van der Waals surface area contributed by atoms with Crippen LogP contribution in [0.2, 0.25) is 0 Å². The van der Waals surface area contributed by atoms with Crippen molar-refractivity contribution in [2.45, 2.75) is 12.0 Å². The zero-order valence-electron chi connectivity index (χ0n) is 7.81. The van der Waals surface area contributed by atoms with Crippen molar-refractivity contribution in [3.63, 3.8) is 0 Å². The molecule has 0 unspecified atom stereocenters. The molecule has 0 saturated carbocycles. The summed E-state index contributed by atoms with van der Waals surface area (Å²) in [6.07, 6.45) is -0.954. The monoisotopic (exact) mass is 218 g/mol. The summed E-state index contributed by atoms with van der Waals surface area (Å²) in [5.41, 5.74) is 1.18. The van der Waals surface area contributed by atoms with Gasteiger partial charge in [0.2, 0.25) is 0 Å². The van der Waals surface area contributed by atoms with Crippen molar-refractivity contribution in [2.75, 3.05) is 13.2 Å². The summed E-state index contributed by atoms with van der Waals surface area (Å²) in [5.74, 6) is 0.612. The molecule has 14 heavy (non-hydrogen) atoms. The summed E-state index contributed by atoms with van der Waals surface area (Å²) < 4.78 is 0. The zero-order valence-corrected chi connectivity index (χ0v) is 8.56. The van der Waals surface area contributed by atoms with Gasteiger partial charge in [-0.1, -0.05) is 30.3 Å². The maximum Gasteiger partial charge on any atom is 0.100 e. The molecule has 0 bridgehead atoms. The maximum absolute atomic E-state index is 8.17. The van der Waals surface area contributed by atoms with E-state index in [1.165, 1.54) is 5.56 Å². The van der Waals surface area contributed by atoms with E-state index in [0.29, 0.717) is 5.88 Å². The molecule has 0 amide bonds. The molecule has 1 aromatic carbocycles. The minimum absolute atomic E-state index is 0.365. The first-order chi connectivity index (χ1) is 6.74. The summed E-state index contributed by atoms with van der Waals surface area (Å²) in [6, 6.07) is 9.96. The summed E-state index contributed by atoms with van der Waals surface area (Å²) >= 11 is 5.53. The van der Waals surface area contributed by atoms with Crippen LogP contribution in [-0.2, 0) is 5.88 Å². The van der Waals surface area contributed by atoms with E-state index in [0.717, 1.165) is 0 Å². The van der Waals surface area contributed by atoms with Gasteiger partial charge in [0.25, 0.3) is 0 Å². The third kappa shape index (κ3) is 6.86. The van der Waals surface area contributed by atoms with E-state index in [4.69, 9.17) is 26.9 Å². The molecule has 0 fully saturated rings. The van der Waals surface area contributed by atoms with Crippen LogP contribution in [0, 0.1) is 0 Å². The molecule has 1 aromatic rings. The lowest BCUT2D eigenvalue weighted by Gasteiger charge is -1.96. The molecule has 0 spiro atoms. The highest BCUT2D eigenvalue weighted by Gasteiger charge is 1.93. The highest BCUT2D eigenvalue weighted by Crippen LogP contribution is 2.00. The average Bonchev–Trinajstić information content (AvgIpc) is 2.30. The van der Waals surface area contributed by atoms with Crippen molar-refractivity contribution in [1.82, 2.24) is 0 Å². The third-order valence-corrected chi connectivity index (χ3v) is 1.73. The predicted molar refractivity (Wildman–Crippen MR) is 56.2 cm³/mol. The fourth-order valence-corrected chi connectivity index (χ4v) is 0.803. The van der Waals surface area contributed by atoms with Crippen LogP contribution in [0.5, 0.6) is 0 Å². The lowest BCUT2D eigenvalue weighted by atomic mass is 10.2. The van der Waals surface area contributed by atoms with Crippen LogP contribution in [-0.4, -0.2) is 34.6 Å². The Morgan fingerprint density at radius 1 is 1.07 bits per heavy atom. The summed E-state index contributed by atoms with van der Waals surface area (Å²) in [5, 5.41) is 24.0. The topological polar surface area (TPSA) is 60.7 Å². The molecule has 0 aliphatic heterocycles. The molecule has 4 heteroatoms. The Balaban J connectivity index is 0.000000255. The number of hydrogen-bond donors (Lipinski definition) is 3. The number of benzene rings is 1. The molecule has 0 aromatic heterocycles. The molecule has 80 valence electrons. The fourth-order valence-electron chi connectivity index (χ4n) is 0.625. The van der Waals surface area contributed by atoms with Gasteiger partial charge in [0.15, 0.2) is 0 Å². The molecule has 3 N–H and O–H groups in total. The SMILES string of the molecule is ClCc1ccccc1.OCC(O)CO. The highest BCUT2D eigenvalue weighted by atomic mass is 35.5. The Morgan fingerprint density at radius 2 is 1.57 bits per heavy atom. The normalized spacial score (nSPS) is 9.50. The van der Waals surface area contributed by atoms with Crippen LogP contribution >= 0.6 is 11.6 Å². The molecule has 0 atom stereocenters. The van der Waals surface area contributed by atoms with Crippen LogP contribution in [0.3, 0.4) is 0 Å². The first-order valence-corrected chi connectivity index (χ1v) is 4.77. The molecule has 0 aliphatic carbocycles. The van der Waals surface area contributed by atoms with E-state index in [2.05, 4.69) is 0 Å². The third-order valence-electron chi connectivity index (χ3n) is 1.42.